The number of hydrogen-bond acceptors (Lipinski definition) is 5. The van der Waals surface area contributed by atoms with E-state index < -0.39 is 0 Å². The van der Waals surface area contributed by atoms with Crippen LogP contribution in [0.15, 0.2) is 47.1 Å². The third-order valence-electron chi connectivity index (χ3n) is 5.34. The minimum absolute atomic E-state index is 0.394. The largest absolute Gasteiger partial charge is 0.489 e. The van der Waals surface area contributed by atoms with Gasteiger partial charge in [0.2, 0.25) is 0 Å². The van der Waals surface area contributed by atoms with Gasteiger partial charge >= 0.3 is 0 Å². The van der Waals surface area contributed by atoms with E-state index in [-0.39, 0.29) is 0 Å². The molecule has 0 heterocycles. The van der Waals surface area contributed by atoms with Crippen molar-refractivity contribution in [2.45, 2.75) is 39.2 Å². The van der Waals surface area contributed by atoms with Gasteiger partial charge in [0.15, 0.2) is 0 Å². The molecule has 0 atom stereocenters. The minimum atomic E-state index is 0.394. The molecule has 5 nitrogen and oxygen atoms in total. The summed E-state index contributed by atoms with van der Waals surface area (Å²) in [4.78, 5) is 0. The normalized spacial score (nSPS) is 14.3. The minimum Gasteiger partial charge on any atom is -0.489 e. The van der Waals surface area contributed by atoms with Gasteiger partial charge in [-0.15, -0.1) is 0 Å². The third kappa shape index (κ3) is 4.74. The number of aryl methyl sites for hydroxylation is 1. The SMILES string of the molecule is CN/C(Cl)=C(/C)C(=N)c1ccc(OCc2c(C3CC3)cccc2N(C)N)c(C)c1. The molecule has 0 unspecified atom stereocenters. The predicted molar refractivity (Wildman–Crippen MR) is 121 cm³/mol. The number of halogens is 1. The summed E-state index contributed by atoms with van der Waals surface area (Å²) < 4.78 is 6.19. The zero-order valence-electron chi connectivity index (χ0n) is 17.5. The first-order valence-corrected chi connectivity index (χ1v) is 10.2. The van der Waals surface area contributed by atoms with Crippen molar-refractivity contribution in [1.29, 1.82) is 5.41 Å². The molecular formula is C23H29ClN4O. The fraction of sp³-hybridized carbons (Fsp3) is 0.348. The fourth-order valence-electron chi connectivity index (χ4n) is 3.49. The number of nitrogens with zero attached hydrogens (tertiary/aromatic N) is 1. The summed E-state index contributed by atoms with van der Waals surface area (Å²) >= 11 is 6.12. The van der Waals surface area contributed by atoms with Crippen LogP contribution in [-0.4, -0.2) is 19.8 Å². The van der Waals surface area contributed by atoms with Crippen molar-refractivity contribution >= 4 is 23.0 Å². The molecule has 1 saturated carbocycles. The van der Waals surface area contributed by atoms with Gasteiger partial charge in [-0.25, -0.2) is 5.84 Å². The molecule has 1 aliphatic rings. The zero-order valence-corrected chi connectivity index (χ0v) is 18.2. The average Bonchev–Trinajstić information content (AvgIpc) is 3.56. The molecule has 1 aliphatic carbocycles. The number of allylic oxidation sites excluding steroid dienone is 1. The molecule has 29 heavy (non-hydrogen) atoms. The van der Waals surface area contributed by atoms with E-state index in [9.17, 15) is 0 Å². The van der Waals surface area contributed by atoms with Crippen LogP contribution in [0.3, 0.4) is 0 Å². The maximum Gasteiger partial charge on any atom is 0.122 e. The van der Waals surface area contributed by atoms with Gasteiger partial charge in [-0.2, -0.15) is 0 Å². The van der Waals surface area contributed by atoms with Crippen LogP contribution in [-0.2, 0) is 6.61 Å². The quantitative estimate of drug-likeness (QED) is 0.251. The average molecular weight is 413 g/mol. The second-order valence-electron chi connectivity index (χ2n) is 7.56. The molecule has 2 aromatic rings. The van der Waals surface area contributed by atoms with Gasteiger partial charge in [0.05, 0.1) is 11.4 Å². The smallest absolute Gasteiger partial charge is 0.122 e. The molecule has 0 aromatic heterocycles. The van der Waals surface area contributed by atoms with Crippen molar-refractivity contribution in [3.8, 4) is 5.75 Å². The Hall–Kier alpha value is -2.50. The molecule has 0 aliphatic heterocycles. The van der Waals surface area contributed by atoms with E-state index in [4.69, 9.17) is 27.6 Å². The number of anilines is 1. The predicted octanol–water partition coefficient (Wildman–Crippen LogP) is 4.82. The summed E-state index contributed by atoms with van der Waals surface area (Å²) in [5.41, 5.74) is 6.36. The van der Waals surface area contributed by atoms with Crippen molar-refractivity contribution < 1.29 is 4.74 Å². The van der Waals surface area contributed by atoms with E-state index in [0.717, 1.165) is 28.1 Å². The van der Waals surface area contributed by atoms with Gasteiger partial charge < -0.3 is 15.1 Å². The molecule has 0 amide bonds. The van der Waals surface area contributed by atoms with Crippen LogP contribution < -0.4 is 20.9 Å². The lowest BCUT2D eigenvalue weighted by Crippen LogP contribution is -2.27. The summed E-state index contributed by atoms with van der Waals surface area (Å²) in [7, 11) is 3.60. The Labute approximate surface area is 178 Å². The van der Waals surface area contributed by atoms with E-state index >= 15 is 0 Å². The summed E-state index contributed by atoms with van der Waals surface area (Å²) in [6.45, 7) is 4.29. The summed E-state index contributed by atoms with van der Waals surface area (Å²) in [6, 6.07) is 12.1. The van der Waals surface area contributed by atoms with Gasteiger partial charge in [0.1, 0.15) is 17.5 Å². The van der Waals surface area contributed by atoms with Crippen LogP contribution in [0.4, 0.5) is 5.69 Å². The standard InChI is InChI=1S/C23H29ClN4O/c1-14-12-17(22(25)15(2)23(24)27-3)10-11-21(14)29-13-19-18(16-8-9-16)6-5-7-20(19)28(4)26/h5-7,10-12,16,25,27H,8-9,13,26H2,1-4H3/b23-15-,25-22?. The molecule has 1 fully saturated rings. The van der Waals surface area contributed by atoms with E-state index in [0.29, 0.717) is 29.0 Å². The third-order valence-corrected chi connectivity index (χ3v) is 5.82. The Kier molecular flexibility index (Phi) is 6.50. The van der Waals surface area contributed by atoms with E-state index in [2.05, 4.69) is 17.4 Å². The van der Waals surface area contributed by atoms with Crippen LogP contribution in [0.5, 0.6) is 5.75 Å². The van der Waals surface area contributed by atoms with Gasteiger partial charge in [-0.3, -0.25) is 5.41 Å². The van der Waals surface area contributed by atoms with Gasteiger partial charge in [0, 0.05) is 30.8 Å². The Bertz CT molecular complexity index is 928. The maximum absolute atomic E-state index is 8.39. The monoisotopic (exact) mass is 412 g/mol. The second-order valence-corrected chi connectivity index (χ2v) is 7.94. The topological polar surface area (TPSA) is 74.4 Å². The number of ether oxygens (including phenoxy) is 1. The van der Waals surface area contributed by atoms with E-state index in [1.165, 1.54) is 18.4 Å². The van der Waals surface area contributed by atoms with Crippen molar-refractivity contribution in [2.24, 2.45) is 5.84 Å². The highest BCUT2D eigenvalue weighted by molar-refractivity contribution is 6.32. The van der Waals surface area contributed by atoms with Crippen LogP contribution in [0.25, 0.3) is 0 Å². The van der Waals surface area contributed by atoms with E-state index in [1.807, 2.05) is 45.2 Å². The van der Waals surface area contributed by atoms with Crippen LogP contribution >= 0.6 is 11.6 Å². The number of hydrazine groups is 1. The van der Waals surface area contributed by atoms with Crippen molar-refractivity contribution in [3.05, 3.63) is 69.4 Å². The maximum atomic E-state index is 8.39. The molecular weight excluding hydrogens is 384 g/mol. The summed E-state index contributed by atoms with van der Waals surface area (Å²) in [5, 5.41) is 13.4. The first kappa shape index (κ1) is 21.2. The van der Waals surface area contributed by atoms with Gasteiger partial charge in [-0.05, 0) is 68.0 Å². The van der Waals surface area contributed by atoms with Crippen molar-refractivity contribution in [3.63, 3.8) is 0 Å². The highest BCUT2D eigenvalue weighted by atomic mass is 35.5. The summed E-state index contributed by atoms with van der Waals surface area (Å²) in [5.74, 6) is 7.47. The summed E-state index contributed by atoms with van der Waals surface area (Å²) in [6.07, 6.45) is 2.45. The highest BCUT2D eigenvalue weighted by Gasteiger charge is 2.27. The van der Waals surface area contributed by atoms with Gasteiger partial charge in [0.25, 0.3) is 0 Å². The first-order chi connectivity index (χ1) is 13.8. The fourth-order valence-corrected chi connectivity index (χ4v) is 3.58. The van der Waals surface area contributed by atoms with Crippen molar-refractivity contribution in [2.75, 3.05) is 19.1 Å². The number of nitrogens with two attached hydrogens (primary N) is 1. The van der Waals surface area contributed by atoms with E-state index in [1.54, 1.807) is 12.1 Å². The Morgan fingerprint density at radius 1 is 1.31 bits per heavy atom. The molecule has 0 saturated heterocycles. The molecule has 4 N–H and O–H groups in total. The second kappa shape index (κ2) is 8.89. The lowest BCUT2D eigenvalue weighted by molar-refractivity contribution is 0.303. The molecule has 0 radical (unpaired) electrons. The zero-order chi connectivity index (χ0) is 21.1. The molecule has 0 spiro atoms. The molecule has 0 bridgehead atoms. The molecule has 2 aromatic carbocycles. The number of benzene rings is 2. The molecule has 3 rings (SSSR count). The Balaban J connectivity index is 1.82. The highest BCUT2D eigenvalue weighted by Crippen LogP contribution is 2.43. The number of nitrogens with one attached hydrogen (secondary N) is 2. The Morgan fingerprint density at radius 2 is 2.03 bits per heavy atom. The van der Waals surface area contributed by atoms with Crippen LogP contribution in [0, 0.1) is 12.3 Å². The lowest BCUT2D eigenvalue weighted by atomic mass is 10.0. The number of hydrogen-bond donors (Lipinski definition) is 3. The molecule has 154 valence electrons. The van der Waals surface area contributed by atoms with Gasteiger partial charge in [-0.1, -0.05) is 23.7 Å². The van der Waals surface area contributed by atoms with Crippen LogP contribution in [0.1, 0.15) is 47.9 Å². The number of rotatable bonds is 8. The Morgan fingerprint density at radius 3 is 2.62 bits per heavy atom. The first-order valence-electron chi connectivity index (χ1n) is 9.80. The molecule has 6 heteroatoms. The van der Waals surface area contributed by atoms with Crippen molar-refractivity contribution in [1.82, 2.24) is 5.32 Å². The van der Waals surface area contributed by atoms with Crippen LogP contribution in [0.2, 0.25) is 0 Å². The lowest BCUT2D eigenvalue weighted by Gasteiger charge is -2.21.